The maximum atomic E-state index is 14.7. The first kappa shape index (κ1) is 23.3. The molecule has 1 saturated carbocycles. The Kier molecular flexibility index (Phi) is 6.67. The molecule has 0 aromatic carbocycles. The van der Waals surface area contributed by atoms with E-state index in [1.54, 1.807) is 17.3 Å². The van der Waals surface area contributed by atoms with Crippen LogP contribution in [0.15, 0.2) is 24.7 Å². The summed E-state index contributed by atoms with van der Waals surface area (Å²) < 4.78 is 20.0. The maximum Gasteiger partial charge on any atom is 0.317 e. The number of hydrogen-bond donors (Lipinski definition) is 3. The molecule has 3 aromatic rings. The van der Waals surface area contributed by atoms with Crippen LogP contribution in [0, 0.1) is 5.82 Å². The van der Waals surface area contributed by atoms with E-state index >= 15 is 0 Å². The molecule has 0 unspecified atom stereocenters. The van der Waals surface area contributed by atoms with Gasteiger partial charge in [0.1, 0.15) is 5.65 Å². The molecule has 186 valence electrons. The van der Waals surface area contributed by atoms with Gasteiger partial charge in [-0.05, 0) is 31.7 Å². The van der Waals surface area contributed by atoms with Crippen molar-refractivity contribution in [3.05, 3.63) is 30.5 Å². The highest BCUT2D eigenvalue weighted by Gasteiger charge is 2.27. The molecule has 1 aliphatic heterocycles. The summed E-state index contributed by atoms with van der Waals surface area (Å²) in [6.07, 6.45) is 8.22. The zero-order chi connectivity index (χ0) is 24.4. The SMILES string of the molecule is CN(C)c1cnc2[nH]cc(-c3ncc(F)c(N[C@H]4CCC[C@@H](NC(=O)N5CCOCC5)C4)n3)c2c1. The second-order valence-electron chi connectivity index (χ2n) is 9.33. The molecular weight excluding hydrogens is 451 g/mol. The van der Waals surface area contributed by atoms with Gasteiger partial charge in [-0.3, -0.25) is 0 Å². The lowest BCUT2D eigenvalue weighted by Crippen LogP contribution is -2.51. The summed E-state index contributed by atoms with van der Waals surface area (Å²) in [6, 6.07) is 1.99. The fraction of sp³-hybridized carbons (Fsp3) is 0.500. The van der Waals surface area contributed by atoms with Crippen molar-refractivity contribution < 1.29 is 13.9 Å². The van der Waals surface area contributed by atoms with Crippen LogP contribution in [0.3, 0.4) is 0 Å². The smallest absolute Gasteiger partial charge is 0.317 e. The number of nitrogens with zero attached hydrogens (tertiary/aromatic N) is 5. The molecule has 2 atom stereocenters. The minimum absolute atomic E-state index is 0.000897. The molecule has 35 heavy (non-hydrogen) atoms. The van der Waals surface area contributed by atoms with Crippen LogP contribution in [0.4, 0.5) is 20.7 Å². The number of morpholine rings is 1. The average Bonchev–Trinajstić information content (AvgIpc) is 3.29. The van der Waals surface area contributed by atoms with Crippen molar-refractivity contribution in [1.29, 1.82) is 0 Å². The van der Waals surface area contributed by atoms with Crippen molar-refractivity contribution in [2.24, 2.45) is 0 Å². The number of nitrogens with one attached hydrogen (secondary N) is 3. The lowest BCUT2D eigenvalue weighted by Gasteiger charge is -2.33. The van der Waals surface area contributed by atoms with Crippen LogP contribution in [0.5, 0.6) is 0 Å². The van der Waals surface area contributed by atoms with Crippen LogP contribution < -0.4 is 15.5 Å². The highest BCUT2D eigenvalue weighted by molar-refractivity contribution is 5.93. The van der Waals surface area contributed by atoms with Crippen LogP contribution in [0.25, 0.3) is 22.4 Å². The molecule has 3 aromatic heterocycles. The van der Waals surface area contributed by atoms with E-state index in [1.807, 2.05) is 25.1 Å². The first-order valence-corrected chi connectivity index (χ1v) is 12.0. The van der Waals surface area contributed by atoms with Crippen molar-refractivity contribution in [2.45, 2.75) is 37.8 Å². The number of pyridine rings is 1. The van der Waals surface area contributed by atoms with Crippen LogP contribution in [-0.2, 0) is 4.74 Å². The van der Waals surface area contributed by atoms with Gasteiger partial charge in [-0.25, -0.2) is 24.1 Å². The van der Waals surface area contributed by atoms with Crippen molar-refractivity contribution >= 4 is 28.6 Å². The van der Waals surface area contributed by atoms with E-state index in [-0.39, 0.29) is 23.9 Å². The molecule has 10 nitrogen and oxygen atoms in total. The van der Waals surface area contributed by atoms with Crippen molar-refractivity contribution in [3.8, 4) is 11.4 Å². The second-order valence-corrected chi connectivity index (χ2v) is 9.33. The largest absolute Gasteiger partial charge is 0.378 e. The van der Waals surface area contributed by atoms with E-state index in [9.17, 15) is 9.18 Å². The van der Waals surface area contributed by atoms with Crippen molar-refractivity contribution in [3.63, 3.8) is 0 Å². The number of rotatable bonds is 5. The standard InChI is InChI=1S/C24H31FN8O2/c1-32(2)17-11-18-19(13-27-21(18)26-12-17)22-28-14-20(25)23(31-22)29-15-4-3-5-16(10-15)30-24(34)33-6-8-35-9-7-33/h11-16H,3-10H2,1-2H3,(H,26,27)(H,30,34)(H,28,29,31)/t15-,16+/m0/s1. The van der Waals surface area contributed by atoms with Gasteiger partial charge < -0.3 is 30.2 Å². The van der Waals surface area contributed by atoms with Gasteiger partial charge in [0.05, 0.1) is 31.3 Å². The van der Waals surface area contributed by atoms with E-state index in [4.69, 9.17) is 4.74 Å². The number of H-pyrrole nitrogens is 1. The number of aromatic amines is 1. The average molecular weight is 483 g/mol. The number of urea groups is 1. The van der Waals surface area contributed by atoms with E-state index < -0.39 is 5.82 Å². The predicted molar refractivity (Wildman–Crippen MR) is 132 cm³/mol. The van der Waals surface area contributed by atoms with Crippen LogP contribution >= 0.6 is 0 Å². The number of anilines is 2. The minimum atomic E-state index is -0.500. The molecule has 1 aliphatic carbocycles. The zero-order valence-electron chi connectivity index (χ0n) is 20.1. The Bertz CT molecular complexity index is 1190. The van der Waals surface area contributed by atoms with Gasteiger partial charge in [-0.2, -0.15) is 0 Å². The summed E-state index contributed by atoms with van der Waals surface area (Å²) in [5.74, 6) is 0.0947. The topological polar surface area (TPSA) is 111 Å². The number of hydrogen-bond acceptors (Lipinski definition) is 7. The predicted octanol–water partition coefficient (Wildman–Crippen LogP) is 2.99. The lowest BCUT2D eigenvalue weighted by atomic mass is 9.91. The molecule has 11 heteroatoms. The third-order valence-corrected chi connectivity index (χ3v) is 6.66. The highest BCUT2D eigenvalue weighted by Crippen LogP contribution is 2.30. The Labute approximate surface area is 203 Å². The van der Waals surface area contributed by atoms with Crippen molar-refractivity contribution in [1.82, 2.24) is 30.2 Å². The summed E-state index contributed by atoms with van der Waals surface area (Å²) in [5, 5.41) is 7.28. The monoisotopic (exact) mass is 482 g/mol. The van der Waals surface area contributed by atoms with Crippen LogP contribution in [-0.4, -0.2) is 83.3 Å². The van der Waals surface area contributed by atoms with Gasteiger partial charge in [0.2, 0.25) is 0 Å². The third-order valence-electron chi connectivity index (χ3n) is 6.66. The van der Waals surface area contributed by atoms with Gasteiger partial charge in [-0.1, -0.05) is 0 Å². The number of halogens is 1. The molecule has 3 N–H and O–H groups in total. The number of carbonyl (C=O) groups excluding carboxylic acids is 1. The minimum Gasteiger partial charge on any atom is -0.378 e. The molecule has 0 radical (unpaired) electrons. The Morgan fingerprint density at radius 3 is 2.80 bits per heavy atom. The first-order chi connectivity index (χ1) is 17.0. The third kappa shape index (κ3) is 5.14. The molecular formula is C24H31FN8O2. The van der Waals surface area contributed by atoms with E-state index in [2.05, 4.69) is 30.6 Å². The molecule has 0 bridgehead atoms. The number of amides is 2. The molecule has 2 aliphatic rings. The summed E-state index contributed by atoms with van der Waals surface area (Å²) in [4.78, 5) is 32.7. The molecule has 4 heterocycles. The maximum absolute atomic E-state index is 14.7. The van der Waals surface area contributed by atoms with Crippen LogP contribution in [0.2, 0.25) is 0 Å². The summed E-state index contributed by atoms with van der Waals surface area (Å²) in [7, 11) is 3.90. The summed E-state index contributed by atoms with van der Waals surface area (Å²) >= 11 is 0. The fourth-order valence-electron chi connectivity index (χ4n) is 4.70. The van der Waals surface area contributed by atoms with Gasteiger partial charge in [0.15, 0.2) is 17.5 Å². The Morgan fingerprint density at radius 2 is 2.00 bits per heavy atom. The Morgan fingerprint density at radius 1 is 1.20 bits per heavy atom. The Balaban J connectivity index is 1.30. The van der Waals surface area contributed by atoms with Gasteiger partial charge in [-0.15, -0.1) is 0 Å². The summed E-state index contributed by atoms with van der Waals surface area (Å²) in [5.41, 5.74) is 2.43. The van der Waals surface area contributed by atoms with Gasteiger partial charge >= 0.3 is 6.03 Å². The number of carbonyl (C=O) groups is 1. The molecule has 5 rings (SSSR count). The van der Waals surface area contributed by atoms with E-state index in [0.717, 1.165) is 41.5 Å². The first-order valence-electron chi connectivity index (χ1n) is 12.0. The van der Waals surface area contributed by atoms with Crippen LogP contribution in [0.1, 0.15) is 25.7 Å². The number of aromatic nitrogens is 4. The molecule has 0 spiro atoms. The highest BCUT2D eigenvalue weighted by atomic mass is 19.1. The van der Waals surface area contributed by atoms with Crippen molar-refractivity contribution in [2.75, 3.05) is 50.6 Å². The zero-order valence-corrected chi connectivity index (χ0v) is 20.1. The molecule has 1 saturated heterocycles. The van der Waals surface area contributed by atoms with Gasteiger partial charge in [0, 0.05) is 56.4 Å². The molecule has 2 amide bonds. The summed E-state index contributed by atoms with van der Waals surface area (Å²) in [6.45, 7) is 2.35. The normalized spacial score (nSPS) is 20.6. The molecule has 2 fully saturated rings. The van der Waals surface area contributed by atoms with E-state index in [0.29, 0.717) is 38.5 Å². The fourth-order valence-corrected chi connectivity index (χ4v) is 4.70. The second kappa shape index (κ2) is 10.0. The van der Waals surface area contributed by atoms with Gasteiger partial charge in [0.25, 0.3) is 0 Å². The number of fused-ring (bicyclic) bond motifs is 1. The Hall–Kier alpha value is -3.47. The van der Waals surface area contributed by atoms with E-state index in [1.165, 1.54) is 6.20 Å². The quantitative estimate of drug-likeness (QED) is 0.513. The number of ether oxygens (including phenoxy) is 1. The lowest BCUT2D eigenvalue weighted by molar-refractivity contribution is 0.0521.